The molecule has 1 aliphatic rings. The highest BCUT2D eigenvalue weighted by Crippen LogP contribution is 2.38. The average Bonchev–Trinajstić information content (AvgIpc) is 2.88. The molecule has 0 radical (unpaired) electrons. The van der Waals surface area contributed by atoms with E-state index in [2.05, 4.69) is 19.9 Å². The van der Waals surface area contributed by atoms with Gasteiger partial charge in [-0.1, -0.05) is 30.3 Å². The summed E-state index contributed by atoms with van der Waals surface area (Å²) in [4.78, 5) is 15.6. The van der Waals surface area contributed by atoms with Gasteiger partial charge in [-0.05, 0) is 29.8 Å². The van der Waals surface area contributed by atoms with Gasteiger partial charge in [-0.2, -0.15) is 23.1 Å². The zero-order valence-electron chi connectivity index (χ0n) is 19.3. The zero-order valence-corrected chi connectivity index (χ0v) is 19.3. The van der Waals surface area contributed by atoms with Gasteiger partial charge in [0.05, 0.1) is 35.6 Å². The second-order valence-corrected chi connectivity index (χ2v) is 8.40. The van der Waals surface area contributed by atoms with E-state index in [0.29, 0.717) is 48.7 Å². The van der Waals surface area contributed by atoms with Crippen molar-refractivity contribution < 1.29 is 22.6 Å². The van der Waals surface area contributed by atoms with E-state index >= 15 is 0 Å². The number of alkyl halides is 3. The molecule has 0 amide bonds. The Bertz CT molecular complexity index is 1360. The van der Waals surface area contributed by atoms with Crippen molar-refractivity contribution in [3.63, 3.8) is 0 Å². The SMILES string of the molecule is Nc1nc(OCCN2CCOCC2)nc(-c2ccc3cccnc3c2)c1-c1ccc(C(F)(F)F)cc1. The Labute approximate surface area is 205 Å². The number of fused-ring (bicyclic) bond motifs is 1. The molecule has 1 saturated heterocycles. The number of hydrogen-bond donors (Lipinski definition) is 1. The molecule has 7 nitrogen and oxygen atoms in total. The second kappa shape index (κ2) is 10.1. The molecular formula is C26H24F3N5O2. The Kier molecular flexibility index (Phi) is 6.71. The summed E-state index contributed by atoms with van der Waals surface area (Å²) in [6, 6.07) is 14.3. The fourth-order valence-electron chi connectivity index (χ4n) is 4.15. The highest BCUT2D eigenvalue weighted by molar-refractivity contribution is 5.91. The molecular weight excluding hydrogens is 471 g/mol. The molecule has 0 unspecified atom stereocenters. The van der Waals surface area contributed by atoms with Crippen molar-refractivity contribution in [2.75, 3.05) is 45.2 Å². The lowest BCUT2D eigenvalue weighted by Crippen LogP contribution is -2.38. The van der Waals surface area contributed by atoms with Crippen LogP contribution in [0.3, 0.4) is 0 Å². The van der Waals surface area contributed by atoms with Gasteiger partial charge < -0.3 is 15.2 Å². The van der Waals surface area contributed by atoms with Crippen molar-refractivity contribution in [2.24, 2.45) is 0 Å². The summed E-state index contributed by atoms with van der Waals surface area (Å²) in [5, 5.41) is 0.946. The van der Waals surface area contributed by atoms with E-state index in [4.69, 9.17) is 15.2 Å². The van der Waals surface area contributed by atoms with Gasteiger partial charge in [-0.25, -0.2) is 0 Å². The van der Waals surface area contributed by atoms with Crippen molar-refractivity contribution in [1.82, 2.24) is 19.9 Å². The minimum atomic E-state index is -4.44. The van der Waals surface area contributed by atoms with E-state index in [1.165, 1.54) is 12.1 Å². The average molecular weight is 496 g/mol. The van der Waals surface area contributed by atoms with Crippen LogP contribution in [0.25, 0.3) is 33.3 Å². The first-order chi connectivity index (χ1) is 17.4. The van der Waals surface area contributed by atoms with E-state index < -0.39 is 11.7 Å². The van der Waals surface area contributed by atoms with Crippen LogP contribution in [0.4, 0.5) is 19.0 Å². The summed E-state index contributed by atoms with van der Waals surface area (Å²) in [5.41, 5.74) is 8.40. The van der Waals surface area contributed by atoms with Gasteiger partial charge in [0.15, 0.2) is 0 Å². The maximum Gasteiger partial charge on any atom is 0.416 e. The Morgan fingerprint density at radius 2 is 1.72 bits per heavy atom. The second-order valence-electron chi connectivity index (χ2n) is 8.40. The van der Waals surface area contributed by atoms with Crippen LogP contribution in [0, 0.1) is 0 Å². The molecule has 4 aromatic rings. The first-order valence-corrected chi connectivity index (χ1v) is 11.5. The summed E-state index contributed by atoms with van der Waals surface area (Å²) < 4.78 is 50.6. The molecule has 2 N–H and O–H groups in total. The van der Waals surface area contributed by atoms with Gasteiger partial charge in [-0.15, -0.1) is 0 Å². The quantitative estimate of drug-likeness (QED) is 0.416. The molecule has 1 fully saturated rings. The van der Waals surface area contributed by atoms with E-state index in [1.807, 2.05) is 30.3 Å². The maximum atomic E-state index is 13.1. The minimum Gasteiger partial charge on any atom is -0.462 e. The molecule has 2 aromatic heterocycles. The highest BCUT2D eigenvalue weighted by atomic mass is 19.4. The summed E-state index contributed by atoms with van der Waals surface area (Å²) >= 11 is 0. The summed E-state index contributed by atoms with van der Waals surface area (Å²) in [7, 11) is 0. The van der Waals surface area contributed by atoms with Gasteiger partial charge >= 0.3 is 12.2 Å². The number of pyridine rings is 1. The molecule has 0 saturated carbocycles. The molecule has 0 aliphatic carbocycles. The number of morpholine rings is 1. The molecule has 0 bridgehead atoms. The lowest BCUT2D eigenvalue weighted by atomic mass is 9.98. The van der Waals surface area contributed by atoms with Crippen LogP contribution in [0.2, 0.25) is 0 Å². The predicted octanol–water partition coefficient (Wildman–Crippen LogP) is 4.67. The molecule has 3 heterocycles. The fourth-order valence-corrected chi connectivity index (χ4v) is 4.15. The molecule has 10 heteroatoms. The molecule has 0 atom stereocenters. The van der Waals surface area contributed by atoms with Crippen LogP contribution in [-0.4, -0.2) is 59.3 Å². The minimum absolute atomic E-state index is 0.104. The summed E-state index contributed by atoms with van der Waals surface area (Å²) in [6.07, 6.45) is -2.75. The first kappa shape index (κ1) is 24.0. The van der Waals surface area contributed by atoms with Crippen LogP contribution < -0.4 is 10.5 Å². The maximum absolute atomic E-state index is 13.1. The van der Waals surface area contributed by atoms with Crippen molar-refractivity contribution in [2.45, 2.75) is 6.18 Å². The third-order valence-corrected chi connectivity index (χ3v) is 6.04. The molecule has 5 rings (SSSR count). The fraction of sp³-hybridized carbons (Fsp3) is 0.269. The molecule has 1 aliphatic heterocycles. The molecule has 2 aromatic carbocycles. The standard InChI is InChI=1S/C26H24F3N5O2/c27-26(28,29)20-7-5-18(6-8-20)22-23(19-4-3-17-2-1-9-31-21(17)16-19)32-25(33-24(22)30)36-15-12-34-10-13-35-14-11-34/h1-9,16H,10-15H2,(H2,30,32,33). The van der Waals surface area contributed by atoms with Gasteiger partial charge in [0.2, 0.25) is 0 Å². The number of hydrogen-bond acceptors (Lipinski definition) is 7. The molecule has 36 heavy (non-hydrogen) atoms. The summed E-state index contributed by atoms with van der Waals surface area (Å²) in [5.74, 6) is 0.113. The van der Waals surface area contributed by atoms with Gasteiger partial charge in [-0.3, -0.25) is 9.88 Å². The lowest BCUT2D eigenvalue weighted by Gasteiger charge is -2.26. The third kappa shape index (κ3) is 5.24. The Morgan fingerprint density at radius 3 is 2.47 bits per heavy atom. The van der Waals surface area contributed by atoms with E-state index in [-0.39, 0.29) is 11.8 Å². The van der Waals surface area contributed by atoms with Crippen LogP contribution >= 0.6 is 0 Å². The Morgan fingerprint density at radius 1 is 0.972 bits per heavy atom. The zero-order chi connectivity index (χ0) is 25.1. The molecule has 186 valence electrons. The Hall–Kier alpha value is -3.76. The third-order valence-electron chi connectivity index (χ3n) is 6.04. The van der Waals surface area contributed by atoms with Crippen molar-refractivity contribution in [3.8, 4) is 28.4 Å². The Balaban J connectivity index is 1.52. The van der Waals surface area contributed by atoms with E-state index in [1.54, 1.807) is 6.20 Å². The lowest BCUT2D eigenvalue weighted by molar-refractivity contribution is -0.137. The number of nitrogens with zero attached hydrogens (tertiary/aromatic N) is 4. The van der Waals surface area contributed by atoms with Gasteiger partial charge in [0.1, 0.15) is 12.4 Å². The van der Waals surface area contributed by atoms with Crippen molar-refractivity contribution >= 4 is 16.7 Å². The van der Waals surface area contributed by atoms with Crippen LogP contribution in [0.1, 0.15) is 5.56 Å². The monoisotopic (exact) mass is 495 g/mol. The largest absolute Gasteiger partial charge is 0.462 e. The number of anilines is 1. The van der Waals surface area contributed by atoms with Crippen molar-refractivity contribution in [3.05, 3.63) is 66.4 Å². The van der Waals surface area contributed by atoms with Crippen molar-refractivity contribution in [1.29, 1.82) is 0 Å². The number of nitrogen functional groups attached to an aromatic ring is 1. The number of benzene rings is 2. The summed E-state index contributed by atoms with van der Waals surface area (Å²) in [6.45, 7) is 4.07. The number of nitrogens with two attached hydrogens (primary N) is 1. The number of aromatic nitrogens is 3. The van der Waals surface area contributed by atoms with Gasteiger partial charge in [0, 0.05) is 36.8 Å². The van der Waals surface area contributed by atoms with Gasteiger partial charge in [0.25, 0.3) is 0 Å². The number of ether oxygens (including phenoxy) is 2. The van der Waals surface area contributed by atoms with Crippen LogP contribution in [-0.2, 0) is 10.9 Å². The van der Waals surface area contributed by atoms with E-state index in [9.17, 15) is 13.2 Å². The molecule has 0 spiro atoms. The number of halogens is 3. The number of rotatable bonds is 6. The van der Waals surface area contributed by atoms with E-state index in [0.717, 1.165) is 36.1 Å². The highest BCUT2D eigenvalue weighted by Gasteiger charge is 2.30. The van der Waals surface area contributed by atoms with Crippen LogP contribution in [0.5, 0.6) is 6.01 Å². The predicted molar refractivity (Wildman–Crippen MR) is 130 cm³/mol. The smallest absolute Gasteiger partial charge is 0.416 e. The van der Waals surface area contributed by atoms with Crippen LogP contribution in [0.15, 0.2) is 60.8 Å². The normalized spacial score (nSPS) is 14.8. The first-order valence-electron chi connectivity index (χ1n) is 11.5. The topological polar surface area (TPSA) is 86.4 Å².